The van der Waals surface area contributed by atoms with Crippen molar-refractivity contribution in [2.45, 2.75) is 37.8 Å². The molecular weight excluding hydrogens is 314 g/mol. The van der Waals surface area contributed by atoms with Crippen LogP contribution in [0, 0.1) is 0 Å². The molecule has 2 fully saturated rings. The van der Waals surface area contributed by atoms with Gasteiger partial charge in [-0.2, -0.15) is 5.10 Å². The van der Waals surface area contributed by atoms with Crippen LogP contribution in [0.4, 0.5) is 10.5 Å². The molecule has 3 heterocycles. The highest BCUT2D eigenvalue weighted by Gasteiger charge is 2.31. The fourth-order valence-corrected chi connectivity index (χ4v) is 3.97. The number of hydrogen-bond donors (Lipinski definition) is 2. The molecule has 0 bridgehead atoms. The van der Waals surface area contributed by atoms with Gasteiger partial charge in [0.25, 0.3) is 0 Å². The van der Waals surface area contributed by atoms with Gasteiger partial charge in [0.15, 0.2) is 0 Å². The molecule has 2 atom stereocenters. The normalized spacial score (nSPS) is 23.7. The number of likely N-dealkylation sites (tertiary alicyclic amines) is 1. The summed E-state index contributed by atoms with van der Waals surface area (Å²) < 4.78 is 0. The number of anilines is 1. The van der Waals surface area contributed by atoms with E-state index in [2.05, 4.69) is 44.7 Å². The van der Waals surface area contributed by atoms with Gasteiger partial charge in [0.1, 0.15) is 0 Å². The Balaban J connectivity index is 1.38. The largest absolute Gasteiger partial charge is 0.369 e. The number of nitrogens with zero attached hydrogens (tertiary/aromatic N) is 3. The minimum atomic E-state index is 0.0609. The van der Waals surface area contributed by atoms with Gasteiger partial charge < -0.3 is 15.1 Å². The molecule has 0 unspecified atom stereocenters. The van der Waals surface area contributed by atoms with E-state index in [-0.39, 0.29) is 18.1 Å². The van der Waals surface area contributed by atoms with E-state index in [0.29, 0.717) is 0 Å². The number of carbonyl (C=O) groups is 1. The average molecular weight is 339 g/mol. The second-order valence-corrected chi connectivity index (χ2v) is 6.95. The van der Waals surface area contributed by atoms with E-state index >= 15 is 0 Å². The Morgan fingerprint density at radius 1 is 1.16 bits per heavy atom. The van der Waals surface area contributed by atoms with Crippen LogP contribution >= 0.6 is 0 Å². The van der Waals surface area contributed by atoms with E-state index in [9.17, 15) is 4.79 Å². The predicted octanol–water partition coefficient (Wildman–Crippen LogP) is 2.93. The first-order valence-corrected chi connectivity index (χ1v) is 9.17. The summed E-state index contributed by atoms with van der Waals surface area (Å²) in [5.74, 6) is 0. The fourth-order valence-electron chi connectivity index (χ4n) is 3.97. The Labute approximate surface area is 148 Å². The molecule has 2 aliphatic rings. The standard InChI is InChI=1S/C19H25N5O/c25-19(24-10-5-4-8-18(24)15-12-20-21-13-15)22-16-9-11-23(14-16)17-6-2-1-3-7-17/h1-3,6-7,12-13,16,18H,4-5,8-11,14H2,(H,20,21)(H,22,25)/t16-,18+/m0/s1. The smallest absolute Gasteiger partial charge is 0.318 e. The highest BCUT2D eigenvalue weighted by molar-refractivity contribution is 5.75. The molecule has 132 valence electrons. The van der Waals surface area contributed by atoms with Crippen molar-refractivity contribution in [1.82, 2.24) is 20.4 Å². The molecule has 25 heavy (non-hydrogen) atoms. The van der Waals surface area contributed by atoms with Gasteiger partial charge in [-0.05, 0) is 37.8 Å². The second-order valence-electron chi connectivity index (χ2n) is 6.95. The van der Waals surface area contributed by atoms with E-state index in [1.807, 2.05) is 23.4 Å². The van der Waals surface area contributed by atoms with Crippen LogP contribution in [-0.2, 0) is 0 Å². The zero-order chi connectivity index (χ0) is 17.1. The van der Waals surface area contributed by atoms with Crippen LogP contribution in [0.2, 0.25) is 0 Å². The lowest BCUT2D eigenvalue weighted by molar-refractivity contribution is 0.149. The molecule has 2 aromatic rings. The van der Waals surface area contributed by atoms with Gasteiger partial charge in [-0.15, -0.1) is 0 Å². The summed E-state index contributed by atoms with van der Waals surface area (Å²) in [6.07, 6.45) is 7.97. The Kier molecular flexibility index (Phi) is 4.59. The third-order valence-corrected chi connectivity index (χ3v) is 5.31. The lowest BCUT2D eigenvalue weighted by Gasteiger charge is -2.36. The molecule has 0 spiro atoms. The molecule has 2 N–H and O–H groups in total. The molecule has 2 saturated heterocycles. The highest BCUT2D eigenvalue weighted by Crippen LogP contribution is 2.30. The number of urea groups is 1. The fraction of sp³-hybridized carbons (Fsp3) is 0.474. The van der Waals surface area contributed by atoms with Gasteiger partial charge in [0.05, 0.1) is 12.2 Å². The number of para-hydroxylation sites is 1. The Morgan fingerprint density at radius 2 is 2.04 bits per heavy atom. The summed E-state index contributed by atoms with van der Waals surface area (Å²) in [6, 6.07) is 10.8. The van der Waals surface area contributed by atoms with Crippen molar-refractivity contribution in [2.24, 2.45) is 0 Å². The summed E-state index contributed by atoms with van der Waals surface area (Å²) in [5, 5.41) is 10.2. The van der Waals surface area contributed by atoms with Crippen LogP contribution in [0.1, 0.15) is 37.3 Å². The zero-order valence-electron chi connectivity index (χ0n) is 14.4. The van der Waals surface area contributed by atoms with Crippen molar-refractivity contribution in [3.63, 3.8) is 0 Å². The first kappa shape index (κ1) is 16.0. The first-order chi connectivity index (χ1) is 12.3. The maximum absolute atomic E-state index is 12.9. The van der Waals surface area contributed by atoms with Crippen molar-refractivity contribution in [1.29, 1.82) is 0 Å². The lowest BCUT2D eigenvalue weighted by Crippen LogP contribution is -2.48. The lowest BCUT2D eigenvalue weighted by atomic mass is 9.98. The van der Waals surface area contributed by atoms with Crippen molar-refractivity contribution < 1.29 is 4.79 Å². The van der Waals surface area contributed by atoms with Crippen molar-refractivity contribution in [2.75, 3.05) is 24.5 Å². The highest BCUT2D eigenvalue weighted by atomic mass is 16.2. The summed E-state index contributed by atoms with van der Waals surface area (Å²) in [7, 11) is 0. The Bertz CT molecular complexity index is 687. The number of H-pyrrole nitrogens is 1. The number of hydrogen-bond acceptors (Lipinski definition) is 3. The summed E-state index contributed by atoms with van der Waals surface area (Å²) in [6.45, 7) is 2.68. The topological polar surface area (TPSA) is 64.3 Å². The molecule has 6 heteroatoms. The molecule has 0 aliphatic carbocycles. The minimum Gasteiger partial charge on any atom is -0.369 e. The zero-order valence-corrected chi connectivity index (χ0v) is 14.4. The summed E-state index contributed by atoms with van der Waals surface area (Å²) >= 11 is 0. The number of aromatic amines is 1. The van der Waals surface area contributed by atoms with Crippen LogP contribution in [0.5, 0.6) is 0 Å². The van der Waals surface area contributed by atoms with Crippen LogP contribution in [0.25, 0.3) is 0 Å². The van der Waals surface area contributed by atoms with Crippen molar-refractivity contribution in [3.8, 4) is 0 Å². The molecule has 4 rings (SSSR count). The molecule has 2 amide bonds. The molecule has 1 aromatic heterocycles. The molecule has 2 aliphatic heterocycles. The first-order valence-electron chi connectivity index (χ1n) is 9.17. The van der Waals surface area contributed by atoms with Gasteiger partial charge in [0, 0.05) is 43.1 Å². The van der Waals surface area contributed by atoms with Crippen molar-refractivity contribution in [3.05, 3.63) is 48.3 Å². The summed E-state index contributed by atoms with van der Waals surface area (Å²) in [4.78, 5) is 17.2. The van der Waals surface area contributed by atoms with Crippen LogP contribution < -0.4 is 10.2 Å². The van der Waals surface area contributed by atoms with Gasteiger partial charge in [-0.1, -0.05) is 18.2 Å². The van der Waals surface area contributed by atoms with Gasteiger partial charge in [-0.3, -0.25) is 5.10 Å². The predicted molar refractivity (Wildman–Crippen MR) is 97.5 cm³/mol. The summed E-state index contributed by atoms with van der Waals surface area (Å²) in [5.41, 5.74) is 2.33. The van der Waals surface area contributed by atoms with E-state index in [1.54, 1.807) is 0 Å². The Hall–Kier alpha value is -2.50. The third kappa shape index (κ3) is 3.48. The van der Waals surface area contributed by atoms with Crippen LogP contribution in [0.3, 0.4) is 0 Å². The van der Waals surface area contributed by atoms with Gasteiger partial charge >= 0.3 is 6.03 Å². The van der Waals surface area contributed by atoms with E-state index in [1.165, 1.54) is 5.69 Å². The van der Waals surface area contributed by atoms with Crippen LogP contribution in [-0.4, -0.2) is 46.8 Å². The number of rotatable bonds is 3. The average Bonchev–Trinajstić information content (AvgIpc) is 3.34. The maximum Gasteiger partial charge on any atom is 0.318 e. The quantitative estimate of drug-likeness (QED) is 0.904. The van der Waals surface area contributed by atoms with Gasteiger partial charge in [0.2, 0.25) is 0 Å². The number of carbonyl (C=O) groups excluding carboxylic acids is 1. The SMILES string of the molecule is O=C(N[C@H]1CCN(c2ccccc2)C1)N1CCCC[C@@H]1c1cn[nH]c1. The van der Waals surface area contributed by atoms with Crippen LogP contribution in [0.15, 0.2) is 42.7 Å². The number of piperidine rings is 1. The molecular formula is C19H25N5O. The minimum absolute atomic E-state index is 0.0609. The second kappa shape index (κ2) is 7.17. The molecule has 6 nitrogen and oxygen atoms in total. The van der Waals surface area contributed by atoms with E-state index in [0.717, 1.165) is 50.9 Å². The molecule has 1 aromatic carbocycles. The number of nitrogens with one attached hydrogen (secondary N) is 2. The molecule has 0 radical (unpaired) electrons. The van der Waals surface area contributed by atoms with Gasteiger partial charge in [-0.25, -0.2) is 4.79 Å². The van der Waals surface area contributed by atoms with E-state index < -0.39 is 0 Å². The maximum atomic E-state index is 12.9. The third-order valence-electron chi connectivity index (χ3n) is 5.31. The van der Waals surface area contributed by atoms with Crippen molar-refractivity contribution >= 4 is 11.7 Å². The monoisotopic (exact) mass is 339 g/mol. The molecule has 0 saturated carbocycles. The number of benzene rings is 1. The van der Waals surface area contributed by atoms with E-state index in [4.69, 9.17) is 0 Å². The number of aromatic nitrogens is 2. The Morgan fingerprint density at radius 3 is 2.84 bits per heavy atom. The number of amides is 2.